The van der Waals surface area contributed by atoms with Crippen LogP contribution in [0, 0.1) is 0 Å². The summed E-state index contributed by atoms with van der Waals surface area (Å²) in [6.45, 7) is 5.80. The van der Waals surface area contributed by atoms with Crippen LogP contribution in [0.4, 0.5) is 0 Å². The normalized spacial score (nSPS) is 17.6. The lowest BCUT2D eigenvalue weighted by atomic mass is 9.95. The van der Waals surface area contributed by atoms with E-state index in [-0.39, 0.29) is 13.2 Å². The fraction of sp³-hybridized carbons (Fsp3) is 0.800. The van der Waals surface area contributed by atoms with Crippen molar-refractivity contribution in [3.63, 3.8) is 0 Å². The summed E-state index contributed by atoms with van der Waals surface area (Å²) in [5.74, 6) is 0. The van der Waals surface area contributed by atoms with Gasteiger partial charge >= 0.3 is 0 Å². The molecule has 1 aliphatic rings. The lowest BCUT2D eigenvalue weighted by Gasteiger charge is -2.18. The van der Waals surface area contributed by atoms with Gasteiger partial charge in [-0.1, -0.05) is 0 Å². The number of rotatable bonds is 11. The highest BCUT2D eigenvalue weighted by molar-refractivity contribution is 5.96. The average molecular weight is 301 g/mol. The van der Waals surface area contributed by atoms with Gasteiger partial charge in [0.1, 0.15) is 6.61 Å². The minimum Gasteiger partial charge on any atom is -0.394 e. The number of hydrogen-bond donors (Lipinski definition) is 4. The maximum Gasteiger partial charge on any atom is 0.179 e. The summed E-state index contributed by atoms with van der Waals surface area (Å²) in [7, 11) is 0. The second-order valence-corrected chi connectivity index (χ2v) is 4.96. The SMILES string of the molecule is CC1=C(NCCOCCO)CCCC1=[NH+]CCOCCO. The molecule has 122 valence electrons. The Kier molecular flexibility index (Phi) is 10.1. The third kappa shape index (κ3) is 7.57. The van der Waals surface area contributed by atoms with Crippen LogP contribution in [0.1, 0.15) is 26.2 Å². The molecule has 0 saturated carbocycles. The van der Waals surface area contributed by atoms with Gasteiger partial charge in [0.2, 0.25) is 0 Å². The molecule has 0 saturated heterocycles. The Labute approximate surface area is 126 Å². The van der Waals surface area contributed by atoms with E-state index in [4.69, 9.17) is 19.7 Å². The molecule has 4 N–H and O–H groups in total. The third-order valence-electron chi connectivity index (χ3n) is 3.40. The topological polar surface area (TPSA) is 84.9 Å². The molecule has 0 aromatic heterocycles. The standard InChI is InChI=1S/C15H28N2O4/c1-13-14(16-5-9-20-11-7-18)3-2-4-15(13)17-6-10-21-12-8-19/h16,18-19H,2-12H2,1H3/p+1. The van der Waals surface area contributed by atoms with E-state index in [0.29, 0.717) is 26.4 Å². The maximum absolute atomic E-state index is 8.64. The van der Waals surface area contributed by atoms with Gasteiger partial charge in [0, 0.05) is 24.2 Å². The van der Waals surface area contributed by atoms with E-state index < -0.39 is 0 Å². The van der Waals surface area contributed by atoms with Crippen molar-refractivity contribution >= 4 is 5.71 Å². The molecule has 0 unspecified atom stereocenters. The first-order valence-corrected chi connectivity index (χ1v) is 7.70. The van der Waals surface area contributed by atoms with E-state index in [1.807, 2.05) is 0 Å². The zero-order chi connectivity index (χ0) is 15.3. The molecule has 0 bridgehead atoms. The van der Waals surface area contributed by atoms with Gasteiger partial charge in [-0.25, -0.2) is 4.99 Å². The van der Waals surface area contributed by atoms with Gasteiger partial charge in [-0.3, -0.25) is 0 Å². The van der Waals surface area contributed by atoms with Gasteiger partial charge in [-0.2, -0.15) is 0 Å². The highest BCUT2D eigenvalue weighted by atomic mass is 16.5. The molecule has 0 spiro atoms. The van der Waals surface area contributed by atoms with Crippen LogP contribution in [-0.4, -0.2) is 68.7 Å². The number of allylic oxidation sites excluding steroid dienone is 2. The molecular weight excluding hydrogens is 272 g/mol. The van der Waals surface area contributed by atoms with Gasteiger partial charge in [-0.15, -0.1) is 0 Å². The number of aliphatic hydroxyl groups excluding tert-OH is 2. The van der Waals surface area contributed by atoms with Crippen molar-refractivity contribution in [1.29, 1.82) is 0 Å². The quantitative estimate of drug-likeness (QED) is 0.352. The average Bonchev–Trinajstić information content (AvgIpc) is 2.50. The lowest BCUT2D eigenvalue weighted by Crippen LogP contribution is -2.74. The predicted octanol–water partition coefficient (Wildman–Crippen LogP) is -1.43. The molecule has 6 nitrogen and oxygen atoms in total. The first-order valence-electron chi connectivity index (χ1n) is 7.70. The zero-order valence-corrected chi connectivity index (χ0v) is 13.0. The molecule has 21 heavy (non-hydrogen) atoms. The molecule has 0 heterocycles. The molecule has 0 aliphatic heterocycles. The molecule has 0 atom stereocenters. The van der Waals surface area contributed by atoms with Crippen LogP contribution in [-0.2, 0) is 9.47 Å². The summed E-state index contributed by atoms with van der Waals surface area (Å²) < 4.78 is 10.5. The van der Waals surface area contributed by atoms with Crippen LogP contribution in [0.3, 0.4) is 0 Å². The predicted molar refractivity (Wildman–Crippen MR) is 81.2 cm³/mol. The van der Waals surface area contributed by atoms with Crippen molar-refractivity contribution in [3.8, 4) is 0 Å². The van der Waals surface area contributed by atoms with Gasteiger partial charge in [0.05, 0.1) is 33.0 Å². The molecule has 0 aromatic rings. The van der Waals surface area contributed by atoms with Crippen LogP contribution >= 0.6 is 0 Å². The molecule has 0 amide bonds. The Balaban J connectivity index is 2.36. The molecule has 1 rings (SSSR count). The lowest BCUT2D eigenvalue weighted by molar-refractivity contribution is -0.462. The fourth-order valence-corrected chi connectivity index (χ4v) is 2.32. The van der Waals surface area contributed by atoms with Crippen molar-refractivity contribution in [2.45, 2.75) is 26.2 Å². The highest BCUT2D eigenvalue weighted by Crippen LogP contribution is 2.18. The van der Waals surface area contributed by atoms with Crippen LogP contribution in [0.5, 0.6) is 0 Å². The molecule has 0 radical (unpaired) electrons. The molecule has 0 fully saturated rings. The Morgan fingerprint density at radius 3 is 2.48 bits per heavy atom. The van der Waals surface area contributed by atoms with Crippen molar-refractivity contribution < 1.29 is 24.7 Å². The van der Waals surface area contributed by atoms with E-state index in [0.717, 1.165) is 32.4 Å². The Bertz CT molecular complexity index is 343. The summed E-state index contributed by atoms with van der Waals surface area (Å²) in [6, 6.07) is 0. The van der Waals surface area contributed by atoms with E-state index >= 15 is 0 Å². The first-order chi connectivity index (χ1) is 10.3. The summed E-state index contributed by atoms with van der Waals surface area (Å²) in [5.41, 5.74) is 3.82. The van der Waals surface area contributed by atoms with E-state index in [9.17, 15) is 0 Å². The maximum atomic E-state index is 8.64. The van der Waals surface area contributed by atoms with Crippen molar-refractivity contribution in [2.75, 3.05) is 52.7 Å². The summed E-state index contributed by atoms with van der Waals surface area (Å²) >= 11 is 0. The zero-order valence-electron chi connectivity index (χ0n) is 13.0. The Morgan fingerprint density at radius 1 is 1.05 bits per heavy atom. The van der Waals surface area contributed by atoms with Gasteiger partial charge in [0.25, 0.3) is 0 Å². The molecule has 0 aromatic carbocycles. The summed E-state index contributed by atoms with van der Waals surface area (Å²) in [5, 5.41) is 20.7. The van der Waals surface area contributed by atoms with Crippen LogP contribution in [0.25, 0.3) is 0 Å². The number of ether oxygens (including phenoxy) is 2. The number of aliphatic hydroxyl groups is 2. The van der Waals surface area contributed by atoms with Gasteiger partial charge in [-0.05, 0) is 19.8 Å². The molecule has 1 aliphatic carbocycles. The van der Waals surface area contributed by atoms with Crippen molar-refractivity contribution in [1.82, 2.24) is 5.32 Å². The van der Waals surface area contributed by atoms with E-state index in [2.05, 4.69) is 17.2 Å². The summed E-state index contributed by atoms with van der Waals surface area (Å²) in [4.78, 5) is 3.42. The molecular formula is C15H29N2O4+. The minimum atomic E-state index is 0.0714. The second-order valence-electron chi connectivity index (χ2n) is 4.96. The van der Waals surface area contributed by atoms with Crippen molar-refractivity contribution in [3.05, 3.63) is 11.3 Å². The second kappa shape index (κ2) is 11.7. The Morgan fingerprint density at radius 2 is 1.76 bits per heavy atom. The highest BCUT2D eigenvalue weighted by Gasteiger charge is 2.19. The molecule has 6 heteroatoms. The third-order valence-corrected chi connectivity index (χ3v) is 3.40. The van der Waals surface area contributed by atoms with Crippen LogP contribution < -0.4 is 10.3 Å². The Hall–Kier alpha value is -0.950. The van der Waals surface area contributed by atoms with Gasteiger partial charge < -0.3 is 25.0 Å². The first kappa shape index (κ1) is 18.1. The monoisotopic (exact) mass is 301 g/mol. The number of nitrogens with one attached hydrogen (secondary N) is 2. The van der Waals surface area contributed by atoms with Crippen LogP contribution in [0.15, 0.2) is 11.3 Å². The van der Waals surface area contributed by atoms with Crippen LogP contribution in [0.2, 0.25) is 0 Å². The number of hydrogen-bond acceptors (Lipinski definition) is 5. The fourth-order valence-electron chi connectivity index (χ4n) is 2.32. The van der Waals surface area contributed by atoms with E-state index in [1.165, 1.54) is 17.0 Å². The van der Waals surface area contributed by atoms with Crippen molar-refractivity contribution in [2.24, 2.45) is 0 Å². The minimum absolute atomic E-state index is 0.0714. The van der Waals surface area contributed by atoms with E-state index in [1.54, 1.807) is 0 Å². The smallest absolute Gasteiger partial charge is 0.179 e. The summed E-state index contributed by atoms with van der Waals surface area (Å²) in [6.07, 6.45) is 3.27. The van der Waals surface area contributed by atoms with Gasteiger partial charge in [0.15, 0.2) is 12.3 Å². The largest absolute Gasteiger partial charge is 0.394 e.